The van der Waals surface area contributed by atoms with E-state index < -0.39 is 117 Å². The molecule has 0 amide bonds. The maximum atomic E-state index is 11.5. The van der Waals surface area contributed by atoms with Crippen molar-refractivity contribution < 1.29 is 157 Å². The molecule has 0 aromatic rings. The van der Waals surface area contributed by atoms with E-state index in [1.807, 2.05) is 0 Å². The fourth-order valence-electron chi connectivity index (χ4n) is 5.16. The molecule has 0 heterocycles. The van der Waals surface area contributed by atoms with E-state index >= 15 is 0 Å². The van der Waals surface area contributed by atoms with Gasteiger partial charge in [-0.15, -0.1) is 0 Å². The van der Waals surface area contributed by atoms with Crippen LogP contribution in [0.4, 0.5) is 39.5 Å². The number of carboxylic acid groups (broad SMARTS) is 9. The van der Waals surface area contributed by atoms with Crippen LogP contribution in [-0.4, -0.2) is 218 Å². The van der Waals surface area contributed by atoms with E-state index in [0.717, 1.165) is 20.8 Å². The van der Waals surface area contributed by atoms with Crippen LogP contribution in [0, 0.1) is 17.8 Å². The van der Waals surface area contributed by atoms with Crippen molar-refractivity contribution in [2.45, 2.75) is 142 Å². The molecule has 0 aliphatic carbocycles. The average Bonchev–Trinajstić information content (AvgIpc) is 3.32. The minimum Gasteiger partial charge on any atom is -0.907 e. The van der Waals surface area contributed by atoms with Crippen LogP contribution in [0.15, 0.2) is 0 Å². The molecule has 24 nitrogen and oxygen atoms in total. The lowest BCUT2D eigenvalue weighted by Gasteiger charge is -2.35. The maximum Gasteiger partial charge on any atom is 0.414 e. The third kappa shape index (κ3) is 68.5. The molecule has 3 atom stereocenters. The van der Waals surface area contributed by atoms with Gasteiger partial charge in [-0.25, -0.2) is 28.8 Å². The number of hydrogen-bond acceptors (Lipinski definition) is 12. The summed E-state index contributed by atoms with van der Waals surface area (Å²) in [5, 5.41) is 93.4. The number of hydrogen-bond donors (Lipinski definition) is 9. The second-order valence-corrected chi connectivity index (χ2v) is 16.1. The summed E-state index contributed by atoms with van der Waals surface area (Å²) >= 11 is 0. The first-order valence-electron chi connectivity index (χ1n) is 24.2. The minimum atomic E-state index is -4.39. The summed E-state index contributed by atoms with van der Waals surface area (Å²) in [4.78, 5) is 83.9. The molecule has 0 fully saturated rings. The molecule has 0 saturated carbocycles. The molecule has 474 valence electrons. The topological polar surface area (TPSA) is 405 Å². The fourth-order valence-corrected chi connectivity index (χ4v) is 5.16. The zero-order chi connectivity index (χ0) is 66.1. The summed E-state index contributed by atoms with van der Waals surface area (Å²) < 4.78 is 108. The van der Waals surface area contributed by atoms with Gasteiger partial charge in [0.1, 0.15) is 0 Å². The van der Waals surface area contributed by atoms with Crippen molar-refractivity contribution in [1.82, 2.24) is 0 Å². The standard InChI is InChI=1S/3C8H20N.3C5H7F3O2.3C2H2O4.BO3/c3*1-5-9(6-2,7-3)8-4;3*1-3(2-4(9)10)5(6,7)8;3*3-1(4)2(5)6;2-1(3)4/h3*5-8H2,1-4H3;3*3H,2H2,1H3,(H,9,10);3*(H,3,4)(H,5,6);/q3*+1;;;;;;;-3. The van der Waals surface area contributed by atoms with E-state index in [2.05, 4.69) is 83.1 Å². The first-order chi connectivity index (χ1) is 35.4. The van der Waals surface area contributed by atoms with Crippen molar-refractivity contribution in [2.75, 3.05) is 78.5 Å². The van der Waals surface area contributed by atoms with Gasteiger partial charge in [-0.2, -0.15) is 39.5 Å². The first kappa shape index (κ1) is 95.7. The molecule has 0 saturated heterocycles. The van der Waals surface area contributed by atoms with Crippen LogP contribution in [0.5, 0.6) is 0 Å². The zero-order valence-electron chi connectivity index (χ0n) is 47.6. The largest absolute Gasteiger partial charge is 0.907 e. The quantitative estimate of drug-likeness (QED) is 0.0403. The predicted molar refractivity (Wildman–Crippen MR) is 261 cm³/mol. The smallest absolute Gasteiger partial charge is 0.414 e. The van der Waals surface area contributed by atoms with Crippen LogP contribution in [0.1, 0.15) is 123 Å². The highest BCUT2D eigenvalue weighted by Gasteiger charge is 2.38. The van der Waals surface area contributed by atoms with E-state index in [-0.39, 0.29) is 0 Å². The number of nitrogens with zero attached hydrogens (tertiary/aromatic N) is 3. The number of rotatable bonds is 18. The highest BCUT2D eigenvalue weighted by molar-refractivity contribution is 6.28. The molecule has 3 unspecified atom stereocenters. The average molecular weight is 1190 g/mol. The Morgan fingerprint density at radius 2 is 0.405 bits per heavy atom. The van der Waals surface area contributed by atoms with Gasteiger partial charge in [0.15, 0.2) is 0 Å². The summed E-state index contributed by atoms with van der Waals surface area (Å²) in [6.07, 6.45) is -15.7. The maximum absolute atomic E-state index is 11.5. The van der Waals surface area contributed by atoms with Crippen molar-refractivity contribution in [1.29, 1.82) is 0 Å². The molecule has 0 aromatic carbocycles. The third-order valence-corrected chi connectivity index (χ3v) is 11.7. The molecule has 0 aliphatic rings. The van der Waals surface area contributed by atoms with Gasteiger partial charge in [-0.1, -0.05) is 20.8 Å². The molecule has 0 radical (unpaired) electrons. The Labute approximate surface area is 455 Å². The summed E-state index contributed by atoms with van der Waals surface area (Å²) in [5.41, 5.74) is 0. The highest BCUT2D eigenvalue weighted by atomic mass is 19.4. The first-order valence-corrected chi connectivity index (χ1v) is 24.2. The van der Waals surface area contributed by atoms with Gasteiger partial charge in [-0.3, -0.25) is 21.7 Å². The molecular formula is C45H87BF9N3O21. The minimum absolute atomic E-state index is 0.841. The number of halogens is 9. The van der Waals surface area contributed by atoms with Crippen molar-refractivity contribution in [3.8, 4) is 0 Å². The van der Waals surface area contributed by atoms with Gasteiger partial charge in [-0.05, 0) is 83.1 Å². The van der Waals surface area contributed by atoms with E-state index in [9.17, 15) is 53.9 Å². The summed E-state index contributed by atoms with van der Waals surface area (Å²) in [6.45, 7) is 45.2. The van der Waals surface area contributed by atoms with Gasteiger partial charge in [0, 0.05) is 0 Å². The van der Waals surface area contributed by atoms with Gasteiger partial charge in [0.2, 0.25) is 0 Å². The summed E-state index contributed by atoms with van der Waals surface area (Å²) in [6, 6.07) is 0. The SMILES string of the molecule is CC(CC(=O)O)C(F)(F)F.CC(CC(=O)O)C(F)(F)F.CC(CC(=O)O)C(F)(F)F.CC[N+](CC)(CC)CC.CC[N+](CC)(CC)CC.CC[N+](CC)(CC)CC.O=C(O)C(=O)O.O=C(O)C(=O)O.O=C(O)C(=O)O.[O-]B([O-])[O-]. The zero-order valence-corrected chi connectivity index (χ0v) is 47.6. The lowest BCUT2D eigenvalue weighted by molar-refractivity contribution is -0.921. The monoisotopic (exact) mass is 1190 g/mol. The molecule has 0 spiro atoms. The van der Waals surface area contributed by atoms with Crippen molar-refractivity contribution >= 4 is 61.0 Å². The molecule has 0 rings (SSSR count). The number of quaternary nitrogens is 3. The van der Waals surface area contributed by atoms with Crippen LogP contribution in [0.3, 0.4) is 0 Å². The van der Waals surface area contributed by atoms with E-state index in [1.165, 1.54) is 92.0 Å². The number of carbonyl (C=O) groups is 9. The van der Waals surface area contributed by atoms with Gasteiger partial charge in [0.05, 0.1) is 116 Å². The molecular weight excluding hydrogens is 1100 g/mol. The fraction of sp³-hybridized carbons (Fsp3) is 0.800. The van der Waals surface area contributed by atoms with Crippen molar-refractivity contribution in [3.63, 3.8) is 0 Å². The van der Waals surface area contributed by atoms with Gasteiger partial charge in [0.25, 0.3) is 0 Å². The molecule has 9 N–H and O–H groups in total. The summed E-state index contributed by atoms with van der Waals surface area (Å²) in [5.74, 6) is -20.5. The van der Waals surface area contributed by atoms with E-state index in [4.69, 9.17) is 89.8 Å². The lowest BCUT2D eigenvalue weighted by atomic mass is 10.1. The second-order valence-electron chi connectivity index (χ2n) is 16.1. The molecule has 0 bridgehead atoms. The van der Waals surface area contributed by atoms with Crippen LogP contribution in [0.25, 0.3) is 0 Å². The van der Waals surface area contributed by atoms with Gasteiger partial charge < -0.3 is 74.5 Å². The number of aliphatic carboxylic acids is 9. The van der Waals surface area contributed by atoms with Crippen molar-refractivity contribution in [2.24, 2.45) is 17.8 Å². The number of carboxylic acids is 9. The Kier molecular flexibility index (Phi) is 62.8. The Balaban J connectivity index is -0.0000000845. The van der Waals surface area contributed by atoms with Crippen molar-refractivity contribution in [3.05, 3.63) is 0 Å². The predicted octanol–water partition coefficient (Wildman–Crippen LogP) is 4.15. The Hall–Kier alpha value is -5.58. The van der Waals surface area contributed by atoms with E-state index in [0.29, 0.717) is 0 Å². The van der Waals surface area contributed by atoms with Gasteiger partial charge >= 0.3 is 72.3 Å². The Morgan fingerprint density at radius 1 is 0.316 bits per heavy atom. The van der Waals surface area contributed by atoms with Crippen LogP contribution < -0.4 is 15.1 Å². The molecule has 34 heteroatoms. The second kappa shape index (κ2) is 51.8. The Morgan fingerprint density at radius 3 is 0.418 bits per heavy atom. The van der Waals surface area contributed by atoms with Crippen LogP contribution >= 0.6 is 0 Å². The normalized spacial score (nSPS) is 11.7. The molecule has 0 aromatic heterocycles. The van der Waals surface area contributed by atoms with Crippen LogP contribution in [-0.2, 0) is 43.2 Å². The molecule has 0 aliphatic heterocycles. The Bertz CT molecular complexity index is 1380. The molecule has 79 heavy (non-hydrogen) atoms. The lowest BCUT2D eigenvalue weighted by Crippen LogP contribution is -2.56. The number of alkyl halides is 9. The van der Waals surface area contributed by atoms with E-state index in [1.54, 1.807) is 0 Å². The summed E-state index contributed by atoms with van der Waals surface area (Å²) in [7, 11) is -2.92. The van der Waals surface area contributed by atoms with Crippen LogP contribution in [0.2, 0.25) is 0 Å². The highest BCUT2D eigenvalue weighted by Crippen LogP contribution is 2.29. The third-order valence-electron chi connectivity index (χ3n) is 11.7.